The second kappa shape index (κ2) is 11.9. The number of carbonyl (C=O) groups excluding carboxylic acids is 1. The first-order valence-electron chi connectivity index (χ1n) is 8.34. The summed E-state index contributed by atoms with van der Waals surface area (Å²) in [5.41, 5.74) is 0.376. The highest BCUT2D eigenvalue weighted by atomic mass is 127. The number of hydrogen-bond donors (Lipinski definition) is 2. The Labute approximate surface area is 172 Å². The highest BCUT2D eigenvalue weighted by molar-refractivity contribution is 14.0. The fourth-order valence-corrected chi connectivity index (χ4v) is 2.16. The van der Waals surface area contributed by atoms with E-state index in [9.17, 15) is 9.18 Å². The molecular formula is C18H30FIN4O2. The van der Waals surface area contributed by atoms with Crippen molar-refractivity contribution in [3.8, 4) is 0 Å². The standard InChI is InChI=1S/C18H29FN4O2.HI/c1-18(2,3)25-17(24)22-11-7-10-21-16(20-4)23(5)13-14-8-6-9-15(19)12-14;/h6,8-9,12H,7,10-11,13H2,1-5H3,(H,20,21)(H,22,24);1H. The van der Waals surface area contributed by atoms with Crippen LogP contribution >= 0.6 is 24.0 Å². The number of aliphatic imine (C=N–C) groups is 1. The Morgan fingerprint density at radius 1 is 1.27 bits per heavy atom. The monoisotopic (exact) mass is 480 g/mol. The maximum Gasteiger partial charge on any atom is 0.407 e. The van der Waals surface area contributed by atoms with E-state index < -0.39 is 11.7 Å². The van der Waals surface area contributed by atoms with Crippen LogP contribution in [0.25, 0.3) is 0 Å². The third kappa shape index (κ3) is 10.4. The molecule has 0 radical (unpaired) electrons. The zero-order valence-corrected chi connectivity index (χ0v) is 18.5. The normalized spacial score (nSPS) is 11.4. The average Bonchev–Trinajstić information content (AvgIpc) is 2.49. The van der Waals surface area contributed by atoms with Crippen molar-refractivity contribution in [2.75, 3.05) is 27.2 Å². The van der Waals surface area contributed by atoms with Gasteiger partial charge < -0.3 is 20.3 Å². The molecule has 0 aliphatic carbocycles. The molecule has 1 rings (SSSR count). The van der Waals surface area contributed by atoms with E-state index in [4.69, 9.17) is 4.74 Å². The van der Waals surface area contributed by atoms with E-state index in [1.807, 2.05) is 38.8 Å². The second-order valence-corrected chi connectivity index (χ2v) is 6.74. The van der Waals surface area contributed by atoms with Crippen molar-refractivity contribution in [1.29, 1.82) is 0 Å². The maximum absolute atomic E-state index is 13.2. The Morgan fingerprint density at radius 2 is 1.92 bits per heavy atom. The van der Waals surface area contributed by atoms with Gasteiger partial charge in [-0.25, -0.2) is 9.18 Å². The van der Waals surface area contributed by atoms with Crippen molar-refractivity contribution in [3.05, 3.63) is 35.6 Å². The van der Waals surface area contributed by atoms with Crippen LogP contribution < -0.4 is 10.6 Å². The molecule has 0 fully saturated rings. The topological polar surface area (TPSA) is 66.0 Å². The molecule has 0 bridgehead atoms. The van der Waals surface area contributed by atoms with Crippen molar-refractivity contribution >= 4 is 36.0 Å². The van der Waals surface area contributed by atoms with Gasteiger partial charge in [0.2, 0.25) is 0 Å². The third-order valence-electron chi connectivity index (χ3n) is 3.19. The zero-order valence-electron chi connectivity index (χ0n) is 16.1. The van der Waals surface area contributed by atoms with Gasteiger partial charge in [-0.3, -0.25) is 4.99 Å². The summed E-state index contributed by atoms with van der Waals surface area (Å²) in [4.78, 5) is 17.7. The predicted octanol–water partition coefficient (Wildman–Crippen LogP) is 3.37. The number of benzene rings is 1. The van der Waals surface area contributed by atoms with Gasteiger partial charge in [-0.05, 0) is 44.9 Å². The first kappa shape index (κ1) is 24.4. The Morgan fingerprint density at radius 3 is 2.50 bits per heavy atom. The molecule has 148 valence electrons. The van der Waals surface area contributed by atoms with Gasteiger partial charge in [0.25, 0.3) is 0 Å². The van der Waals surface area contributed by atoms with E-state index >= 15 is 0 Å². The third-order valence-corrected chi connectivity index (χ3v) is 3.19. The Hall–Kier alpha value is -1.58. The van der Waals surface area contributed by atoms with Crippen molar-refractivity contribution in [2.24, 2.45) is 4.99 Å². The fraction of sp³-hybridized carbons (Fsp3) is 0.556. The Kier molecular flexibility index (Phi) is 11.2. The summed E-state index contributed by atoms with van der Waals surface area (Å²) in [6.07, 6.45) is 0.312. The van der Waals surface area contributed by atoms with Gasteiger partial charge in [0.1, 0.15) is 11.4 Å². The highest BCUT2D eigenvalue weighted by Gasteiger charge is 2.15. The van der Waals surface area contributed by atoms with Crippen molar-refractivity contribution in [1.82, 2.24) is 15.5 Å². The number of amides is 1. The van der Waals surface area contributed by atoms with E-state index in [0.29, 0.717) is 25.6 Å². The molecule has 8 heteroatoms. The van der Waals surface area contributed by atoms with Crippen molar-refractivity contribution < 1.29 is 13.9 Å². The van der Waals surface area contributed by atoms with Crippen LogP contribution in [-0.2, 0) is 11.3 Å². The van der Waals surface area contributed by atoms with Gasteiger partial charge in [-0.2, -0.15) is 0 Å². The number of nitrogens with zero attached hydrogens (tertiary/aromatic N) is 2. The van der Waals surface area contributed by atoms with Gasteiger partial charge in [0.05, 0.1) is 0 Å². The molecule has 0 aromatic heterocycles. The average molecular weight is 480 g/mol. The summed E-state index contributed by atoms with van der Waals surface area (Å²) in [7, 11) is 3.59. The van der Waals surface area contributed by atoms with E-state index in [-0.39, 0.29) is 29.8 Å². The SMILES string of the molecule is CN=C(NCCCNC(=O)OC(C)(C)C)N(C)Cc1cccc(F)c1.I. The molecule has 0 spiro atoms. The molecule has 0 unspecified atom stereocenters. The lowest BCUT2D eigenvalue weighted by Gasteiger charge is -2.22. The van der Waals surface area contributed by atoms with Crippen LogP contribution in [0.3, 0.4) is 0 Å². The molecule has 6 nitrogen and oxygen atoms in total. The molecule has 0 aliphatic rings. The number of carbonyl (C=O) groups is 1. The summed E-state index contributed by atoms with van der Waals surface area (Å²) >= 11 is 0. The lowest BCUT2D eigenvalue weighted by molar-refractivity contribution is 0.0527. The minimum atomic E-state index is -0.496. The number of rotatable bonds is 6. The minimum absolute atomic E-state index is 0. The van der Waals surface area contributed by atoms with Crippen LogP contribution in [0.5, 0.6) is 0 Å². The van der Waals surface area contributed by atoms with E-state index in [1.165, 1.54) is 12.1 Å². The molecule has 0 atom stereocenters. The Bertz CT molecular complexity index is 591. The smallest absolute Gasteiger partial charge is 0.407 e. The first-order valence-corrected chi connectivity index (χ1v) is 8.34. The molecule has 0 saturated carbocycles. The number of alkyl carbamates (subject to hydrolysis) is 1. The van der Waals surface area contributed by atoms with Crippen LogP contribution in [0, 0.1) is 5.82 Å². The van der Waals surface area contributed by atoms with Gasteiger partial charge >= 0.3 is 6.09 Å². The van der Waals surface area contributed by atoms with Crippen LogP contribution in [-0.4, -0.2) is 49.7 Å². The molecule has 1 amide bonds. The van der Waals surface area contributed by atoms with Crippen LogP contribution in [0.4, 0.5) is 9.18 Å². The summed E-state index contributed by atoms with van der Waals surface area (Å²) in [5, 5.41) is 5.93. The zero-order chi connectivity index (χ0) is 18.9. The highest BCUT2D eigenvalue weighted by Crippen LogP contribution is 2.07. The van der Waals surface area contributed by atoms with E-state index in [1.54, 1.807) is 13.1 Å². The van der Waals surface area contributed by atoms with Crippen molar-refractivity contribution in [2.45, 2.75) is 39.3 Å². The quantitative estimate of drug-likeness (QED) is 0.284. The molecule has 0 aliphatic heterocycles. The lowest BCUT2D eigenvalue weighted by atomic mass is 10.2. The van der Waals surface area contributed by atoms with Crippen LogP contribution in [0.15, 0.2) is 29.3 Å². The number of halogens is 2. The lowest BCUT2D eigenvalue weighted by Crippen LogP contribution is -2.40. The predicted molar refractivity (Wildman–Crippen MR) is 113 cm³/mol. The summed E-state index contributed by atoms with van der Waals surface area (Å²) in [6, 6.07) is 6.50. The molecule has 0 heterocycles. The number of nitrogens with one attached hydrogen (secondary N) is 2. The maximum atomic E-state index is 13.2. The van der Waals surface area contributed by atoms with Crippen LogP contribution in [0.1, 0.15) is 32.8 Å². The number of guanidine groups is 1. The van der Waals surface area contributed by atoms with E-state index in [2.05, 4.69) is 15.6 Å². The molecular weight excluding hydrogens is 450 g/mol. The van der Waals surface area contributed by atoms with Crippen molar-refractivity contribution in [3.63, 3.8) is 0 Å². The molecule has 2 N–H and O–H groups in total. The Balaban J connectivity index is 0.00000625. The number of hydrogen-bond acceptors (Lipinski definition) is 3. The summed E-state index contributed by atoms with van der Waals surface area (Å²) < 4.78 is 18.4. The van der Waals surface area contributed by atoms with Gasteiger partial charge in [-0.15, -0.1) is 24.0 Å². The van der Waals surface area contributed by atoms with Gasteiger partial charge in [0, 0.05) is 33.7 Å². The largest absolute Gasteiger partial charge is 0.444 e. The molecule has 1 aromatic rings. The second-order valence-electron chi connectivity index (χ2n) is 6.74. The van der Waals surface area contributed by atoms with Crippen LogP contribution in [0.2, 0.25) is 0 Å². The summed E-state index contributed by atoms with van der Waals surface area (Å²) in [5.74, 6) is 0.462. The minimum Gasteiger partial charge on any atom is -0.444 e. The van der Waals surface area contributed by atoms with Gasteiger partial charge in [0.15, 0.2) is 5.96 Å². The molecule has 26 heavy (non-hydrogen) atoms. The molecule has 0 saturated heterocycles. The van der Waals surface area contributed by atoms with Gasteiger partial charge in [-0.1, -0.05) is 12.1 Å². The molecule has 1 aromatic carbocycles. The first-order chi connectivity index (χ1) is 11.7. The number of ether oxygens (including phenoxy) is 1. The fourth-order valence-electron chi connectivity index (χ4n) is 2.16. The van der Waals surface area contributed by atoms with E-state index in [0.717, 1.165) is 12.0 Å². The summed E-state index contributed by atoms with van der Waals surface area (Å²) in [6.45, 7) is 7.18.